The van der Waals surface area contributed by atoms with Crippen molar-refractivity contribution in [2.75, 3.05) is 24.5 Å². The van der Waals surface area contributed by atoms with Gasteiger partial charge in [-0.05, 0) is 25.1 Å². The summed E-state index contributed by atoms with van der Waals surface area (Å²) in [5, 5.41) is 3.95. The summed E-state index contributed by atoms with van der Waals surface area (Å²) in [4.78, 5) is 6.52. The van der Waals surface area contributed by atoms with E-state index in [0.717, 1.165) is 37.6 Å². The number of nitrogens with one attached hydrogen (secondary N) is 1. The minimum absolute atomic E-state index is 0.698. The van der Waals surface area contributed by atoms with Crippen LogP contribution in [0, 0.1) is 0 Å². The van der Waals surface area contributed by atoms with Crippen molar-refractivity contribution in [3.63, 3.8) is 0 Å². The smallest absolute Gasteiger partial charge is 0.147 e. The van der Waals surface area contributed by atoms with E-state index in [1.807, 2.05) is 18.3 Å². The van der Waals surface area contributed by atoms with Gasteiger partial charge in [0.05, 0.1) is 5.02 Å². The topological polar surface area (TPSA) is 28.2 Å². The molecule has 1 rings (SSSR count). The van der Waals surface area contributed by atoms with Crippen molar-refractivity contribution in [3.8, 4) is 0 Å². The van der Waals surface area contributed by atoms with Gasteiger partial charge in [-0.25, -0.2) is 4.98 Å². The second-order valence-electron chi connectivity index (χ2n) is 3.76. The molecule has 1 heterocycles. The van der Waals surface area contributed by atoms with Crippen LogP contribution in [-0.2, 0) is 6.54 Å². The Hall–Kier alpha value is -1.06. The zero-order chi connectivity index (χ0) is 12.7. The minimum atomic E-state index is 0.698. The number of hydrogen-bond acceptors (Lipinski definition) is 3. The molecule has 3 nitrogen and oxygen atoms in total. The second kappa shape index (κ2) is 7.30. The molecule has 0 aliphatic heterocycles. The van der Waals surface area contributed by atoms with Gasteiger partial charge in [0.15, 0.2) is 0 Å². The van der Waals surface area contributed by atoms with Gasteiger partial charge >= 0.3 is 0 Å². The van der Waals surface area contributed by atoms with Gasteiger partial charge in [-0.3, -0.25) is 0 Å². The molecule has 0 amide bonds. The Morgan fingerprint density at radius 3 is 2.82 bits per heavy atom. The van der Waals surface area contributed by atoms with E-state index in [1.54, 1.807) is 0 Å². The zero-order valence-electron chi connectivity index (χ0n) is 10.5. The van der Waals surface area contributed by atoms with Crippen LogP contribution in [0.1, 0.15) is 19.4 Å². The van der Waals surface area contributed by atoms with Gasteiger partial charge in [-0.2, -0.15) is 0 Å². The van der Waals surface area contributed by atoms with Crippen LogP contribution in [0.15, 0.2) is 24.9 Å². The first kappa shape index (κ1) is 14.0. The molecule has 0 bridgehead atoms. The summed E-state index contributed by atoms with van der Waals surface area (Å²) in [5.74, 6) is 0.828. The van der Waals surface area contributed by atoms with E-state index in [9.17, 15) is 0 Å². The summed E-state index contributed by atoms with van der Waals surface area (Å²) in [5.41, 5.74) is 1.11. The lowest BCUT2D eigenvalue weighted by atomic mass is 10.2. The van der Waals surface area contributed by atoms with E-state index in [1.165, 1.54) is 0 Å². The summed E-state index contributed by atoms with van der Waals surface area (Å²) in [6.07, 6.45) is 3.73. The maximum absolute atomic E-state index is 6.25. The highest BCUT2D eigenvalue weighted by Crippen LogP contribution is 2.23. The van der Waals surface area contributed by atoms with E-state index < -0.39 is 0 Å². The summed E-state index contributed by atoms with van der Waals surface area (Å²) >= 11 is 6.25. The van der Waals surface area contributed by atoms with Gasteiger partial charge in [-0.1, -0.05) is 24.6 Å². The SMILES string of the molecule is C=CCN(CC)c1ncc(CNCC)cc1Cl. The molecule has 0 radical (unpaired) electrons. The molecule has 94 valence electrons. The second-order valence-corrected chi connectivity index (χ2v) is 4.16. The number of likely N-dealkylation sites (N-methyl/N-ethyl adjacent to an activating group) is 1. The van der Waals surface area contributed by atoms with Gasteiger partial charge < -0.3 is 10.2 Å². The third-order valence-electron chi connectivity index (χ3n) is 2.49. The Labute approximate surface area is 108 Å². The minimum Gasteiger partial charge on any atom is -0.352 e. The third kappa shape index (κ3) is 4.02. The first-order chi connectivity index (χ1) is 8.22. The Balaban J connectivity index is 2.83. The van der Waals surface area contributed by atoms with Gasteiger partial charge in [0.25, 0.3) is 0 Å². The average Bonchev–Trinajstić information content (AvgIpc) is 2.34. The molecule has 0 aliphatic carbocycles. The average molecular weight is 254 g/mol. The van der Waals surface area contributed by atoms with Crippen molar-refractivity contribution in [2.45, 2.75) is 20.4 Å². The van der Waals surface area contributed by atoms with Gasteiger partial charge in [0, 0.05) is 25.8 Å². The summed E-state index contributed by atoms with van der Waals surface area (Å²) in [7, 11) is 0. The fourth-order valence-electron chi connectivity index (χ4n) is 1.59. The molecule has 1 aromatic rings. The Morgan fingerprint density at radius 1 is 1.53 bits per heavy atom. The molecule has 0 spiro atoms. The molecule has 0 atom stereocenters. The van der Waals surface area contributed by atoms with Crippen molar-refractivity contribution >= 4 is 17.4 Å². The lowest BCUT2D eigenvalue weighted by Gasteiger charge is -2.21. The molecule has 1 aromatic heterocycles. The normalized spacial score (nSPS) is 10.3. The Kier molecular flexibility index (Phi) is 6.01. The first-order valence-corrected chi connectivity index (χ1v) is 6.31. The summed E-state index contributed by atoms with van der Waals surface area (Å²) in [6.45, 7) is 11.3. The highest BCUT2D eigenvalue weighted by Gasteiger charge is 2.09. The molecule has 1 N–H and O–H groups in total. The molecule has 0 aliphatic rings. The molecular formula is C13H20ClN3. The number of aromatic nitrogens is 1. The van der Waals surface area contributed by atoms with Crippen molar-refractivity contribution in [3.05, 3.63) is 35.5 Å². The van der Waals surface area contributed by atoms with Crippen LogP contribution in [0.4, 0.5) is 5.82 Å². The molecular weight excluding hydrogens is 234 g/mol. The fraction of sp³-hybridized carbons (Fsp3) is 0.462. The monoisotopic (exact) mass is 253 g/mol. The number of hydrogen-bond donors (Lipinski definition) is 1. The number of rotatable bonds is 7. The van der Waals surface area contributed by atoms with E-state index in [-0.39, 0.29) is 0 Å². The Morgan fingerprint density at radius 2 is 2.29 bits per heavy atom. The third-order valence-corrected chi connectivity index (χ3v) is 2.77. The molecule has 0 aromatic carbocycles. The van der Waals surface area contributed by atoms with E-state index >= 15 is 0 Å². The molecule has 0 unspecified atom stereocenters. The van der Waals surface area contributed by atoms with E-state index in [2.05, 4.69) is 35.6 Å². The maximum Gasteiger partial charge on any atom is 0.147 e. The number of nitrogens with zero attached hydrogens (tertiary/aromatic N) is 2. The van der Waals surface area contributed by atoms with Crippen molar-refractivity contribution in [2.24, 2.45) is 0 Å². The summed E-state index contributed by atoms with van der Waals surface area (Å²) < 4.78 is 0. The van der Waals surface area contributed by atoms with Crippen molar-refractivity contribution in [1.82, 2.24) is 10.3 Å². The predicted molar refractivity (Wildman–Crippen MR) is 74.7 cm³/mol. The standard InChI is InChI=1S/C13H20ClN3/c1-4-7-17(6-3)13-12(14)8-11(10-16-13)9-15-5-2/h4,8,10,15H,1,5-7,9H2,2-3H3. The number of anilines is 1. The maximum atomic E-state index is 6.25. The largest absolute Gasteiger partial charge is 0.352 e. The van der Waals surface area contributed by atoms with E-state index in [0.29, 0.717) is 5.02 Å². The lowest BCUT2D eigenvalue weighted by Crippen LogP contribution is -2.24. The lowest BCUT2D eigenvalue weighted by molar-refractivity contribution is 0.724. The quantitative estimate of drug-likeness (QED) is 0.758. The van der Waals surface area contributed by atoms with E-state index in [4.69, 9.17) is 11.6 Å². The van der Waals surface area contributed by atoms with Crippen LogP contribution in [0.25, 0.3) is 0 Å². The molecule has 0 saturated carbocycles. The van der Waals surface area contributed by atoms with Gasteiger partial charge in [0.1, 0.15) is 5.82 Å². The zero-order valence-corrected chi connectivity index (χ0v) is 11.3. The fourth-order valence-corrected chi connectivity index (χ4v) is 1.90. The van der Waals surface area contributed by atoms with Crippen LogP contribution in [0.5, 0.6) is 0 Å². The van der Waals surface area contributed by atoms with Crippen molar-refractivity contribution in [1.29, 1.82) is 0 Å². The van der Waals surface area contributed by atoms with Crippen molar-refractivity contribution < 1.29 is 0 Å². The van der Waals surface area contributed by atoms with Crippen LogP contribution in [0.2, 0.25) is 5.02 Å². The highest BCUT2D eigenvalue weighted by atomic mass is 35.5. The highest BCUT2D eigenvalue weighted by molar-refractivity contribution is 6.33. The van der Waals surface area contributed by atoms with Crippen LogP contribution < -0.4 is 10.2 Å². The first-order valence-electron chi connectivity index (χ1n) is 5.93. The Bertz CT molecular complexity index is 366. The molecule has 0 fully saturated rings. The predicted octanol–water partition coefficient (Wildman–Crippen LogP) is 2.86. The van der Waals surface area contributed by atoms with Crippen LogP contribution in [0.3, 0.4) is 0 Å². The molecule has 17 heavy (non-hydrogen) atoms. The number of pyridine rings is 1. The summed E-state index contributed by atoms with van der Waals surface area (Å²) in [6, 6.07) is 1.97. The molecule has 4 heteroatoms. The van der Waals surface area contributed by atoms with Crippen LogP contribution in [-0.4, -0.2) is 24.6 Å². The number of halogens is 1. The van der Waals surface area contributed by atoms with Gasteiger partial charge in [-0.15, -0.1) is 6.58 Å². The van der Waals surface area contributed by atoms with Crippen LogP contribution >= 0.6 is 11.6 Å². The molecule has 0 saturated heterocycles. The van der Waals surface area contributed by atoms with Gasteiger partial charge in [0.2, 0.25) is 0 Å².